The van der Waals surface area contributed by atoms with Gasteiger partial charge in [-0.05, 0) is 37.4 Å². The zero-order valence-electron chi connectivity index (χ0n) is 11.1. The van der Waals surface area contributed by atoms with Crippen LogP contribution in [0.25, 0.3) is 11.4 Å². The van der Waals surface area contributed by atoms with Crippen LogP contribution in [0.5, 0.6) is 0 Å². The zero-order chi connectivity index (χ0) is 13.7. The van der Waals surface area contributed by atoms with Crippen molar-refractivity contribution >= 4 is 11.8 Å². The first-order valence-electron chi connectivity index (χ1n) is 6.21. The second-order valence-corrected chi connectivity index (χ2v) is 5.08. The third kappa shape index (κ3) is 3.15. The number of hydrogen-bond donors (Lipinski definition) is 0. The lowest BCUT2D eigenvalue weighted by Gasteiger charge is -2.02. The average Bonchev–Trinajstić information content (AvgIpc) is 2.88. The number of aryl methyl sites for hydroxylation is 2. The summed E-state index contributed by atoms with van der Waals surface area (Å²) >= 11 is 1.79. The Kier molecular flexibility index (Phi) is 4.58. The standard InChI is InChI=1S/C14H16N4S/c1-3-18-14(16-13(17-18)8-9-19-2)12-6-4-11(10-15)5-7-12/h4-7H,3,8-9H2,1-2H3. The van der Waals surface area contributed by atoms with Crippen LogP contribution in [0.1, 0.15) is 18.3 Å². The van der Waals surface area contributed by atoms with Crippen LogP contribution in [0.3, 0.4) is 0 Å². The molecular formula is C14H16N4S. The van der Waals surface area contributed by atoms with Crippen LogP contribution in [-0.2, 0) is 13.0 Å². The lowest BCUT2D eigenvalue weighted by atomic mass is 10.1. The number of hydrogen-bond acceptors (Lipinski definition) is 4. The van der Waals surface area contributed by atoms with E-state index in [2.05, 4.69) is 29.3 Å². The van der Waals surface area contributed by atoms with E-state index in [1.165, 1.54) is 0 Å². The first-order valence-corrected chi connectivity index (χ1v) is 7.61. The van der Waals surface area contributed by atoms with E-state index >= 15 is 0 Å². The Labute approximate surface area is 117 Å². The minimum atomic E-state index is 0.661. The normalized spacial score (nSPS) is 10.4. The summed E-state index contributed by atoms with van der Waals surface area (Å²) < 4.78 is 1.91. The highest BCUT2D eigenvalue weighted by Crippen LogP contribution is 2.18. The van der Waals surface area contributed by atoms with E-state index in [4.69, 9.17) is 5.26 Å². The van der Waals surface area contributed by atoms with Gasteiger partial charge in [0.15, 0.2) is 11.6 Å². The number of nitriles is 1. The molecule has 0 unspecified atom stereocenters. The molecule has 19 heavy (non-hydrogen) atoms. The van der Waals surface area contributed by atoms with Gasteiger partial charge in [0.05, 0.1) is 11.6 Å². The van der Waals surface area contributed by atoms with Gasteiger partial charge in [0, 0.05) is 24.3 Å². The third-order valence-corrected chi connectivity index (χ3v) is 3.43. The van der Waals surface area contributed by atoms with Crippen molar-refractivity contribution in [2.24, 2.45) is 0 Å². The fourth-order valence-electron chi connectivity index (χ4n) is 1.82. The summed E-state index contributed by atoms with van der Waals surface area (Å²) in [4.78, 5) is 4.60. The van der Waals surface area contributed by atoms with Gasteiger partial charge in [0.1, 0.15) is 0 Å². The highest BCUT2D eigenvalue weighted by molar-refractivity contribution is 7.98. The van der Waals surface area contributed by atoms with Gasteiger partial charge in [-0.2, -0.15) is 22.1 Å². The number of aromatic nitrogens is 3. The molecule has 0 bridgehead atoms. The van der Waals surface area contributed by atoms with E-state index in [0.717, 1.165) is 35.9 Å². The monoisotopic (exact) mass is 272 g/mol. The number of nitrogens with zero attached hydrogens (tertiary/aromatic N) is 4. The molecule has 1 aromatic carbocycles. The maximum atomic E-state index is 8.82. The van der Waals surface area contributed by atoms with E-state index in [1.807, 2.05) is 28.9 Å². The van der Waals surface area contributed by atoms with Crippen LogP contribution in [0.2, 0.25) is 0 Å². The molecule has 98 valence electrons. The average molecular weight is 272 g/mol. The molecule has 0 amide bonds. The Morgan fingerprint density at radius 1 is 1.32 bits per heavy atom. The summed E-state index contributed by atoms with van der Waals surface area (Å²) in [7, 11) is 0. The topological polar surface area (TPSA) is 54.5 Å². The first-order chi connectivity index (χ1) is 9.28. The second-order valence-electron chi connectivity index (χ2n) is 4.10. The zero-order valence-corrected chi connectivity index (χ0v) is 11.9. The van der Waals surface area contributed by atoms with Crippen LogP contribution < -0.4 is 0 Å². The van der Waals surface area contributed by atoms with Crippen molar-refractivity contribution in [3.8, 4) is 17.5 Å². The molecule has 0 aliphatic heterocycles. The molecule has 2 aromatic rings. The van der Waals surface area contributed by atoms with E-state index in [9.17, 15) is 0 Å². The van der Waals surface area contributed by atoms with Crippen LogP contribution >= 0.6 is 11.8 Å². The second kappa shape index (κ2) is 6.39. The Hall–Kier alpha value is -1.80. The molecule has 0 fully saturated rings. The van der Waals surface area contributed by atoms with E-state index < -0.39 is 0 Å². The third-order valence-electron chi connectivity index (χ3n) is 2.82. The van der Waals surface area contributed by atoms with Crippen molar-refractivity contribution in [1.29, 1.82) is 5.26 Å². The maximum absolute atomic E-state index is 8.82. The fraction of sp³-hybridized carbons (Fsp3) is 0.357. The SMILES string of the molecule is CCn1nc(CCSC)nc1-c1ccc(C#N)cc1. The molecule has 4 nitrogen and oxygen atoms in total. The van der Waals surface area contributed by atoms with Gasteiger partial charge in [-0.25, -0.2) is 9.67 Å². The molecule has 0 spiro atoms. The van der Waals surface area contributed by atoms with Crippen molar-refractivity contribution in [3.05, 3.63) is 35.7 Å². The lowest BCUT2D eigenvalue weighted by molar-refractivity contribution is 0.655. The molecule has 0 saturated carbocycles. The van der Waals surface area contributed by atoms with Gasteiger partial charge >= 0.3 is 0 Å². The van der Waals surface area contributed by atoms with E-state index in [1.54, 1.807) is 11.8 Å². The number of benzene rings is 1. The van der Waals surface area contributed by atoms with Gasteiger partial charge < -0.3 is 0 Å². The molecule has 0 aliphatic rings. The highest BCUT2D eigenvalue weighted by atomic mass is 32.2. The maximum Gasteiger partial charge on any atom is 0.158 e. The van der Waals surface area contributed by atoms with Gasteiger partial charge in [0.2, 0.25) is 0 Å². The van der Waals surface area contributed by atoms with Gasteiger partial charge in [0.25, 0.3) is 0 Å². The van der Waals surface area contributed by atoms with Crippen LogP contribution in [0.4, 0.5) is 0 Å². The van der Waals surface area contributed by atoms with Crippen molar-refractivity contribution in [2.45, 2.75) is 19.9 Å². The van der Waals surface area contributed by atoms with Crippen LogP contribution in [0, 0.1) is 11.3 Å². The molecule has 0 radical (unpaired) electrons. The predicted molar refractivity (Wildman–Crippen MR) is 77.9 cm³/mol. The summed E-state index contributed by atoms with van der Waals surface area (Å²) in [6, 6.07) is 9.59. The Morgan fingerprint density at radius 3 is 2.63 bits per heavy atom. The summed E-state index contributed by atoms with van der Waals surface area (Å²) in [5.41, 5.74) is 1.66. The van der Waals surface area contributed by atoms with Gasteiger partial charge in [-0.15, -0.1) is 0 Å². The van der Waals surface area contributed by atoms with Crippen molar-refractivity contribution in [1.82, 2.24) is 14.8 Å². The Bertz CT molecular complexity index is 580. The van der Waals surface area contributed by atoms with Crippen molar-refractivity contribution in [3.63, 3.8) is 0 Å². The minimum absolute atomic E-state index is 0.661. The van der Waals surface area contributed by atoms with Crippen molar-refractivity contribution < 1.29 is 0 Å². The van der Waals surface area contributed by atoms with Gasteiger partial charge in [-0.1, -0.05) is 0 Å². The van der Waals surface area contributed by atoms with E-state index in [0.29, 0.717) is 5.56 Å². The summed E-state index contributed by atoms with van der Waals surface area (Å²) in [6.07, 6.45) is 2.97. The van der Waals surface area contributed by atoms with Crippen LogP contribution in [-0.4, -0.2) is 26.8 Å². The fourth-order valence-corrected chi connectivity index (χ4v) is 2.20. The van der Waals surface area contributed by atoms with Gasteiger partial charge in [-0.3, -0.25) is 0 Å². The predicted octanol–water partition coefficient (Wildman–Crippen LogP) is 2.74. The largest absolute Gasteiger partial charge is 0.246 e. The molecule has 0 N–H and O–H groups in total. The summed E-state index contributed by atoms with van der Waals surface area (Å²) in [5.74, 6) is 2.79. The molecule has 1 aromatic heterocycles. The van der Waals surface area contributed by atoms with Crippen LogP contribution in [0.15, 0.2) is 24.3 Å². The Balaban J connectivity index is 2.31. The molecule has 0 aliphatic carbocycles. The summed E-state index contributed by atoms with van der Waals surface area (Å²) in [5, 5.41) is 13.3. The molecule has 2 rings (SSSR count). The molecular weight excluding hydrogens is 256 g/mol. The molecule has 1 heterocycles. The minimum Gasteiger partial charge on any atom is -0.246 e. The molecule has 0 saturated heterocycles. The quantitative estimate of drug-likeness (QED) is 0.839. The lowest BCUT2D eigenvalue weighted by Crippen LogP contribution is -2.00. The molecule has 5 heteroatoms. The summed E-state index contributed by atoms with van der Waals surface area (Å²) in [6.45, 7) is 2.85. The number of thioether (sulfide) groups is 1. The van der Waals surface area contributed by atoms with Crippen molar-refractivity contribution in [2.75, 3.05) is 12.0 Å². The molecule has 0 atom stereocenters. The Morgan fingerprint density at radius 2 is 2.05 bits per heavy atom. The highest BCUT2D eigenvalue weighted by Gasteiger charge is 2.10. The smallest absolute Gasteiger partial charge is 0.158 e. The first kappa shape index (κ1) is 13.6. The number of rotatable bonds is 5. The van der Waals surface area contributed by atoms with E-state index in [-0.39, 0.29) is 0 Å².